The molecule has 5 rings (SSSR count). The first-order valence-electron chi connectivity index (χ1n) is 10.1. The summed E-state index contributed by atoms with van der Waals surface area (Å²) in [6.07, 6.45) is 1.95. The van der Waals surface area contributed by atoms with E-state index in [0.29, 0.717) is 22.6 Å². The van der Waals surface area contributed by atoms with Crippen LogP contribution in [0.3, 0.4) is 0 Å². The second-order valence-electron chi connectivity index (χ2n) is 8.24. The topological polar surface area (TPSA) is 50.8 Å². The van der Waals surface area contributed by atoms with Crippen molar-refractivity contribution in [2.45, 2.75) is 26.0 Å². The van der Waals surface area contributed by atoms with Gasteiger partial charge in [0, 0.05) is 35.6 Å². The fourth-order valence-electron chi connectivity index (χ4n) is 4.19. The third-order valence-corrected chi connectivity index (χ3v) is 6.63. The summed E-state index contributed by atoms with van der Waals surface area (Å²) < 4.78 is 25.2. The molecule has 0 unspecified atom stereocenters. The Morgan fingerprint density at radius 1 is 1.23 bits per heavy atom. The number of hydrogen-bond donors (Lipinski definition) is 1. The van der Waals surface area contributed by atoms with Crippen molar-refractivity contribution in [1.29, 1.82) is 0 Å². The number of rotatable bonds is 3. The van der Waals surface area contributed by atoms with Crippen LogP contribution in [-0.4, -0.2) is 42.7 Å². The van der Waals surface area contributed by atoms with Gasteiger partial charge in [-0.2, -0.15) is 0 Å². The normalized spacial score (nSPS) is 23.2. The maximum atomic E-state index is 13.6. The number of benzene rings is 1. The molecule has 3 aliphatic rings. The number of morpholine rings is 1. The van der Waals surface area contributed by atoms with Gasteiger partial charge in [-0.15, -0.1) is 11.3 Å². The molecule has 2 aromatic rings. The van der Waals surface area contributed by atoms with Crippen molar-refractivity contribution in [3.05, 3.63) is 63.3 Å². The van der Waals surface area contributed by atoms with E-state index in [4.69, 9.17) is 9.47 Å². The molecule has 0 aliphatic carbocycles. The number of allylic oxidation sites excluding steroid dienone is 1. The van der Waals surface area contributed by atoms with Gasteiger partial charge < -0.3 is 14.8 Å². The largest absolute Gasteiger partial charge is 0.482 e. The predicted molar refractivity (Wildman–Crippen MR) is 116 cm³/mol. The monoisotopic (exact) mass is 426 g/mol. The van der Waals surface area contributed by atoms with E-state index >= 15 is 0 Å². The van der Waals surface area contributed by atoms with Crippen molar-refractivity contribution < 1.29 is 18.7 Å². The van der Waals surface area contributed by atoms with Crippen molar-refractivity contribution in [3.63, 3.8) is 0 Å². The van der Waals surface area contributed by atoms with Crippen molar-refractivity contribution in [2.24, 2.45) is 0 Å². The van der Waals surface area contributed by atoms with E-state index < -0.39 is 5.60 Å². The van der Waals surface area contributed by atoms with Crippen LogP contribution in [0.4, 0.5) is 10.1 Å². The van der Waals surface area contributed by atoms with Gasteiger partial charge in [-0.05, 0) is 55.1 Å². The van der Waals surface area contributed by atoms with Gasteiger partial charge in [-0.1, -0.05) is 0 Å². The first kappa shape index (κ1) is 19.5. The Morgan fingerprint density at radius 3 is 2.83 bits per heavy atom. The summed E-state index contributed by atoms with van der Waals surface area (Å²) in [6.45, 7) is 8.40. The summed E-state index contributed by atoms with van der Waals surface area (Å²) in [5.74, 6) is -0.119. The molecule has 1 aromatic heterocycles. The molecule has 30 heavy (non-hydrogen) atoms. The lowest BCUT2D eigenvalue weighted by Gasteiger charge is -2.26. The first-order chi connectivity index (χ1) is 14.4. The molecule has 1 saturated heterocycles. The number of fused-ring (bicyclic) bond motifs is 1. The standard InChI is InChI=1S/C23H23FN2O3S/c1-23(2)18(14-9-16(30-13-14)12-26-5-7-28-8-6-26)11-20(29-23)21-17-4-3-15(24)10-19(17)25-22(21)27/h3-4,9-11,13H,5-8,12H2,1-2H3,(H,25,27). The number of halogens is 1. The Morgan fingerprint density at radius 2 is 2.03 bits per heavy atom. The zero-order chi connectivity index (χ0) is 20.9. The minimum absolute atomic E-state index is 0.266. The molecular formula is C23H23FN2O3S. The maximum Gasteiger partial charge on any atom is 0.260 e. The van der Waals surface area contributed by atoms with Crippen LogP contribution in [0, 0.1) is 5.82 Å². The van der Waals surface area contributed by atoms with E-state index in [9.17, 15) is 9.18 Å². The summed E-state index contributed by atoms with van der Waals surface area (Å²) in [5.41, 5.74) is 3.19. The summed E-state index contributed by atoms with van der Waals surface area (Å²) in [5, 5.41) is 4.89. The molecule has 4 heterocycles. The maximum absolute atomic E-state index is 13.6. The van der Waals surface area contributed by atoms with Crippen molar-refractivity contribution in [3.8, 4) is 0 Å². The molecule has 0 spiro atoms. The highest BCUT2D eigenvalue weighted by Crippen LogP contribution is 2.45. The molecular weight excluding hydrogens is 403 g/mol. The quantitative estimate of drug-likeness (QED) is 0.745. The van der Waals surface area contributed by atoms with Crippen LogP contribution in [0.1, 0.15) is 29.9 Å². The molecule has 1 fully saturated rings. The highest BCUT2D eigenvalue weighted by Gasteiger charge is 2.38. The van der Waals surface area contributed by atoms with Gasteiger partial charge in [0.2, 0.25) is 0 Å². The molecule has 156 valence electrons. The van der Waals surface area contributed by atoms with Crippen molar-refractivity contribution in [1.82, 2.24) is 4.90 Å². The molecule has 5 nitrogen and oxygen atoms in total. The summed E-state index contributed by atoms with van der Waals surface area (Å²) in [4.78, 5) is 16.3. The number of carbonyl (C=O) groups excluding carboxylic acids is 1. The zero-order valence-corrected chi connectivity index (χ0v) is 17.8. The van der Waals surface area contributed by atoms with Crippen LogP contribution in [-0.2, 0) is 20.8 Å². The Bertz CT molecular complexity index is 1080. The van der Waals surface area contributed by atoms with Gasteiger partial charge in [0.15, 0.2) is 0 Å². The van der Waals surface area contributed by atoms with Gasteiger partial charge >= 0.3 is 0 Å². The van der Waals surface area contributed by atoms with Gasteiger partial charge in [0.1, 0.15) is 17.2 Å². The Labute approximate surface area is 178 Å². The summed E-state index contributed by atoms with van der Waals surface area (Å²) in [7, 11) is 0. The lowest BCUT2D eigenvalue weighted by atomic mass is 9.94. The van der Waals surface area contributed by atoms with E-state index in [2.05, 4.69) is 21.7 Å². The smallest absolute Gasteiger partial charge is 0.260 e. The van der Waals surface area contributed by atoms with Crippen molar-refractivity contribution >= 4 is 34.1 Å². The third-order valence-electron chi connectivity index (χ3n) is 5.71. The molecule has 0 bridgehead atoms. The fourth-order valence-corrected chi connectivity index (χ4v) is 5.12. The molecule has 1 N–H and O–H groups in total. The molecule has 7 heteroatoms. The van der Waals surface area contributed by atoms with Gasteiger partial charge in [-0.25, -0.2) is 4.39 Å². The van der Waals surface area contributed by atoms with E-state index in [1.165, 1.54) is 17.0 Å². The number of hydrogen-bond acceptors (Lipinski definition) is 5. The number of amides is 1. The molecule has 1 aromatic carbocycles. The highest BCUT2D eigenvalue weighted by atomic mass is 32.1. The zero-order valence-electron chi connectivity index (χ0n) is 17.0. The van der Waals surface area contributed by atoms with Crippen LogP contribution in [0.5, 0.6) is 0 Å². The number of ether oxygens (including phenoxy) is 2. The van der Waals surface area contributed by atoms with Crippen LogP contribution in [0.2, 0.25) is 0 Å². The van der Waals surface area contributed by atoms with Crippen LogP contribution in [0.25, 0.3) is 11.1 Å². The number of thiophene rings is 1. The van der Waals surface area contributed by atoms with Crippen LogP contribution < -0.4 is 5.32 Å². The number of nitrogens with one attached hydrogen (secondary N) is 1. The Kier molecular flexibility index (Phi) is 4.76. The lowest BCUT2D eigenvalue weighted by molar-refractivity contribution is -0.111. The second-order valence-corrected chi connectivity index (χ2v) is 9.24. The number of anilines is 1. The van der Waals surface area contributed by atoms with Gasteiger partial charge in [0.05, 0.1) is 24.5 Å². The lowest BCUT2D eigenvalue weighted by Crippen LogP contribution is -2.35. The van der Waals surface area contributed by atoms with Gasteiger partial charge in [-0.3, -0.25) is 9.69 Å². The predicted octanol–water partition coefficient (Wildman–Crippen LogP) is 4.28. The molecule has 0 radical (unpaired) electrons. The third kappa shape index (κ3) is 3.47. The SMILES string of the molecule is CC1(C)OC(=C2C(=O)Nc3cc(F)ccc32)C=C1c1csc(CN2CCOCC2)c1. The van der Waals surface area contributed by atoms with Crippen LogP contribution in [0.15, 0.2) is 41.5 Å². The Hall–Kier alpha value is -2.48. The average molecular weight is 427 g/mol. The van der Waals surface area contributed by atoms with Crippen LogP contribution >= 0.6 is 11.3 Å². The average Bonchev–Trinajstić information content (AvgIpc) is 3.36. The number of nitrogens with zero attached hydrogens (tertiary/aromatic N) is 1. The van der Waals surface area contributed by atoms with Gasteiger partial charge in [0.25, 0.3) is 5.91 Å². The molecule has 3 aliphatic heterocycles. The molecule has 0 saturated carbocycles. The van der Waals surface area contributed by atoms with E-state index in [-0.39, 0.29) is 11.7 Å². The summed E-state index contributed by atoms with van der Waals surface area (Å²) in [6, 6.07) is 6.53. The van der Waals surface area contributed by atoms with E-state index in [0.717, 1.165) is 44.0 Å². The molecule has 0 atom stereocenters. The highest BCUT2D eigenvalue weighted by molar-refractivity contribution is 7.10. The second kappa shape index (κ2) is 7.34. The van der Waals surface area contributed by atoms with E-state index in [1.807, 2.05) is 19.9 Å². The fraction of sp³-hybridized carbons (Fsp3) is 0.348. The first-order valence-corrected chi connectivity index (χ1v) is 10.9. The minimum Gasteiger partial charge on any atom is -0.482 e. The Balaban J connectivity index is 1.47. The minimum atomic E-state index is -0.567. The van der Waals surface area contributed by atoms with E-state index in [1.54, 1.807) is 17.4 Å². The summed E-state index contributed by atoms with van der Waals surface area (Å²) >= 11 is 1.74. The number of carbonyl (C=O) groups is 1. The molecule has 1 amide bonds. The van der Waals surface area contributed by atoms with Crippen molar-refractivity contribution in [2.75, 3.05) is 31.6 Å².